The quantitative estimate of drug-likeness (QED) is 0.817. The summed E-state index contributed by atoms with van der Waals surface area (Å²) in [5.41, 5.74) is 1.12. The summed E-state index contributed by atoms with van der Waals surface area (Å²) in [5.74, 6) is 2.45. The highest BCUT2D eigenvalue weighted by atomic mass is 16.5. The Morgan fingerprint density at radius 2 is 2.29 bits per heavy atom. The van der Waals surface area contributed by atoms with E-state index in [0.717, 1.165) is 44.2 Å². The Balaban J connectivity index is 1.45. The highest BCUT2D eigenvalue weighted by molar-refractivity contribution is 5.50. The fourth-order valence-corrected chi connectivity index (χ4v) is 2.98. The number of hydrogen-bond donors (Lipinski definition) is 1. The summed E-state index contributed by atoms with van der Waals surface area (Å²) in [7, 11) is 0. The number of para-hydroxylation sites is 1. The molecule has 0 aromatic heterocycles. The average Bonchev–Trinajstić information content (AvgIpc) is 3.04. The van der Waals surface area contributed by atoms with Gasteiger partial charge in [-0.25, -0.2) is 0 Å². The molecule has 4 heteroatoms. The molecule has 2 heterocycles. The molecule has 2 aliphatic heterocycles. The Hall–Kier alpha value is -1.26. The van der Waals surface area contributed by atoms with Crippen molar-refractivity contribution in [3.05, 3.63) is 23.8 Å². The lowest BCUT2D eigenvalue weighted by Crippen LogP contribution is -2.27. The molecule has 1 N–H and O–H groups in total. The molecule has 0 bridgehead atoms. The van der Waals surface area contributed by atoms with Crippen molar-refractivity contribution in [2.75, 3.05) is 32.9 Å². The minimum Gasteiger partial charge on any atom is -0.488 e. The minimum atomic E-state index is -0.123. The topological polar surface area (TPSA) is 39.7 Å². The molecule has 0 saturated carbocycles. The largest absolute Gasteiger partial charge is 0.488 e. The number of nitrogens with one attached hydrogen (secondary N) is 1. The van der Waals surface area contributed by atoms with Crippen LogP contribution in [0.5, 0.6) is 11.5 Å². The first kappa shape index (κ1) is 14.7. The summed E-state index contributed by atoms with van der Waals surface area (Å²) < 4.78 is 17.3. The normalized spacial score (nSPS) is 22.9. The SMILES string of the molecule is CC1(C)Cc2cccc(OCCNCC3CCOC3)c2O1. The molecule has 116 valence electrons. The molecule has 3 rings (SSSR count). The lowest BCUT2D eigenvalue weighted by Gasteiger charge is -2.18. The third-order valence-corrected chi connectivity index (χ3v) is 4.05. The van der Waals surface area contributed by atoms with Crippen molar-refractivity contribution in [3.63, 3.8) is 0 Å². The molecule has 1 aromatic rings. The molecule has 1 fully saturated rings. The first-order chi connectivity index (χ1) is 10.1. The van der Waals surface area contributed by atoms with Crippen LogP contribution in [0.3, 0.4) is 0 Å². The van der Waals surface area contributed by atoms with Crippen LogP contribution in [0.2, 0.25) is 0 Å². The van der Waals surface area contributed by atoms with E-state index in [4.69, 9.17) is 14.2 Å². The molecule has 0 amide bonds. The van der Waals surface area contributed by atoms with Crippen LogP contribution in [0.4, 0.5) is 0 Å². The number of benzene rings is 1. The van der Waals surface area contributed by atoms with E-state index >= 15 is 0 Å². The standard InChI is InChI=1S/C17H25NO3/c1-17(2)10-14-4-3-5-15(16(14)21-17)20-9-7-18-11-13-6-8-19-12-13/h3-5,13,18H,6-12H2,1-2H3. The zero-order chi connectivity index (χ0) is 14.7. The zero-order valence-electron chi connectivity index (χ0n) is 13.0. The Morgan fingerprint density at radius 3 is 3.10 bits per heavy atom. The first-order valence-electron chi connectivity index (χ1n) is 7.86. The number of fused-ring (bicyclic) bond motifs is 1. The van der Waals surface area contributed by atoms with Crippen LogP contribution in [0, 0.1) is 5.92 Å². The fourth-order valence-electron chi connectivity index (χ4n) is 2.98. The molecule has 0 aliphatic carbocycles. The van der Waals surface area contributed by atoms with Gasteiger partial charge in [-0.1, -0.05) is 12.1 Å². The van der Waals surface area contributed by atoms with Crippen LogP contribution in [0.1, 0.15) is 25.8 Å². The third kappa shape index (κ3) is 3.69. The van der Waals surface area contributed by atoms with Crippen molar-refractivity contribution in [2.24, 2.45) is 5.92 Å². The summed E-state index contributed by atoms with van der Waals surface area (Å²) in [6, 6.07) is 6.16. The molecule has 4 nitrogen and oxygen atoms in total. The lowest BCUT2D eigenvalue weighted by molar-refractivity contribution is 0.132. The molecular formula is C17H25NO3. The predicted octanol–water partition coefficient (Wildman–Crippen LogP) is 2.41. The van der Waals surface area contributed by atoms with Gasteiger partial charge >= 0.3 is 0 Å². The second-order valence-electron chi connectivity index (χ2n) is 6.57. The Labute approximate surface area is 126 Å². The van der Waals surface area contributed by atoms with Crippen molar-refractivity contribution in [1.82, 2.24) is 5.32 Å². The van der Waals surface area contributed by atoms with Crippen LogP contribution >= 0.6 is 0 Å². The van der Waals surface area contributed by atoms with Gasteiger partial charge in [-0.2, -0.15) is 0 Å². The van der Waals surface area contributed by atoms with Crippen molar-refractivity contribution in [3.8, 4) is 11.5 Å². The summed E-state index contributed by atoms with van der Waals surface area (Å²) in [4.78, 5) is 0. The smallest absolute Gasteiger partial charge is 0.165 e. The summed E-state index contributed by atoms with van der Waals surface area (Å²) in [5, 5.41) is 3.44. The van der Waals surface area contributed by atoms with Gasteiger partial charge in [0.25, 0.3) is 0 Å². The predicted molar refractivity (Wildman–Crippen MR) is 82.1 cm³/mol. The van der Waals surface area contributed by atoms with Crippen LogP contribution in [-0.4, -0.2) is 38.5 Å². The minimum absolute atomic E-state index is 0.123. The van der Waals surface area contributed by atoms with Crippen LogP contribution in [-0.2, 0) is 11.2 Å². The molecule has 0 radical (unpaired) electrons. The fraction of sp³-hybridized carbons (Fsp3) is 0.647. The van der Waals surface area contributed by atoms with E-state index < -0.39 is 0 Å². The second-order valence-corrected chi connectivity index (χ2v) is 6.57. The molecule has 2 aliphatic rings. The van der Waals surface area contributed by atoms with E-state index in [9.17, 15) is 0 Å². The van der Waals surface area contributed by atoms with Crippen molar-refractivity contribution in [2.45, 2.75) is 32.3 Å². The maximum absolute atomic E-state index is 6.00. The molecule has 21 heavy (non-hydrogen) atoms. The van der Waals surface area contributed by atoms with Gasteiger partial charge in [0.15, 0.2) is 11.5 Å². The van der Waals surface area contributed by atoms with Crippen molar-refractivity contribution in [1.29, 1.82) is 0 Å². The van der Waals surface area contributed by atoms with Crippen LogP contribution < -0.4 is 14.8 Å². The van der Waals surface area contributed by atoms with E-state index in [1.807, 2.05) is 12.1 Å². The monoisotopic (exact) mass is 291 g/mol. The maximum atomic E-state index is 6.00. The molecule has 1 saturated heterocycles. The van der Waals surface area contributed by atoms with Gasteiger partial charge < -0.3 is 19.5 Å². The molecule has 1 unspecified atom stereocenters. The zero-order valence-corrected chi connectivity index (χ0v) is 13.0. The van der Waals surface area contributed by atoms with Gasteiger partial charge in [-0.15, -0.1) is 0 Å². The van der Waals surface area contributed by atoms with E-state index in [0.29, 0.717) is 12.5 Å². The molecule has 0 spiro atoms. The van der Waals surface area contributed by atoms with Gasteiger partial charge in [0.2, 0.25) is 0 Å². The Kier molecular flexibility index (Phi) is 4.36. The van der Waals surface area contributed by atoms with Gasteiger partial charge in [0.1, 0.15) is 12.2 Å². The van der Waals surface area contributed by atoms with Crippen molar-refractivity contribution < 1.29 is 14.2 Å². The van der Waals surface area contributed by atoms with Gasteiger partial charge in [0, 0.05) is 31.7 Å². The second kappa shape index (κ2) is 6.24. The van der Waals surface area contributed by atoms with Crippen LogP contribution in [0.15, 0.2) is 18.2 Å². The van der Waals surface area contributed by atoms with Gasteiger partial charge in [0.05, 0.1) is 6.61 Å². The average molecular weight is 291 g/mol. The van der Waals surface area contributed by atoms with E-state index in [2.05, 4.69) is 25.2 Å². The maximum Gasteiger partial charge on any atom is 0.165 e. The summed E-state index contributed by atoms with van der Waals surface area (Å²) in [6.45, 7) is 8.55. The number of rotatable bonds is 6. The summed E-state index contributed by atoms with van der Waals surface area (Å²) >= 11 is 0. The summed E-state index contributed by atoms with van der Waals surface area (Å²) in [6.07, 6.45) is 2.11. The van der Waals surface area contributed by atoms with E-state index in [1.165, 1.54) is 12.0 Å². The number of hydrogen-bond acceptors (Lipinski definition) is 4. The van der Waals surface area contributed by atoms with Gasteiger partial charge in [-0.05, 0) is 32.3 Å². The van der Waals surface area contributed by atoms with E-state index in [1.54, 1.807) is 0 Å². The molecular weight excluding hydrogens is 266 g/mol. The highest BCUT2D eigenvalue weighted by Gasteiger charge is 2.32. The third-order valence-electron chi connectivity index (χ3n) is 4.05. The van der Waals surface area contributed by atoms with Crippen LogP contribution in [0.25, 0.3) is 0 Å². The molecule has 1 aromatic carbocycles. The van der Waals surface area contributed by atoms with E-state index in [-0.39, 0.29) is 5.60 Å². The van der Waals surface area contributed by atoms with Gasteiger partial charge in [-0.3, -0.25) is 0 Å². The Morgan fingerprint density at radius 1 is 1.38 bits per heavy atom. The molecule has 1 atom stereocenters. The van der Waals surface area contributed by atoms with Crippen molar-refractivity contribution >= 4 is 0 Å². The first-order valence-corrected chi connectivity index (χ1v) is 7.86. The Bertz CT molecular complexity index is 481. The highest BCUT2D eigenvalue weighted by Crippen LogP contribution is 2.41. The number of ether oxygens (including phenoxy) is 3. The lowest BCUT2D eigenvalue weighted by atomic mass is 10.0.